The lowest BCUT2D eigenvalue weighted by molar-refractivity contribution is 0.0626. The van der Waals surface area contributed by atoms with Crippen molar-refractivity contribution in [1.82, 2.24) is 4.90 Å². The molecule has 1 saturated heterocycles. The molecule has 0 N–H and O–H groups in total. The maximum Gasteiger partial charge on any atom is 0.239 e. The minimum atomic E-state index is -2.24. The van der Waals surface area contributed by atoms with Crippen LogP contribution >= 0.6 is 0 Å². The van der Waals surface area contributed by atoms with E-state index >= 15 is 0 Å². The molecule has 0 radical (unpaired) electrons. The standard InChI is InChI=1S/C30H29F4N/c31-24-12-13-26(28(32)17-24)27-7-3-5-22-4-1-2-6-25(22)30(27)23-10-8-20(9-11-23)16-21-18-35(19-21)15-14-29(33)34/h1-2,4,6,8-13,17,21,29H,3,5,7,14-16,18-19H2. The Labute approximate surface area is 204 Å². The molecule has 0 spiro atoms. The van der Waals surface area contributed by atoms with Crippen LogP contribution in [0.15, 0.2) is 66.7 Å². The van der Waals surface area contributed by atoms with E-state index < -0.39 is 18.1 Å². The molecule has 35 heavy (non-hydrogen) atoms. The van der Waals surface area contributed by atoms with E-state index in [1.165, 1.54) is 17.2 Å². The number of benzene rings is 3. The first-order valence-electron chi connectivity index (χ1n) is 12.3. The van der Waals surface area contributed by atoms with Crippen molar-refractivity contribution in [3.05, 3.63) is 106 Å². The maximum absolute atomic E-state index is 14.9. The lowest BCUT2D eigenvalue weighted by atomic mass is 9.86. The second-order valence-electron chi connectivity index (χ2n) is 9.69. The molecule has 2 aliphatic rings. The van der Waals surface area contributed by atoms with Gasteiger partial charge in [-0.15, -0.1) is 0 Å². The highest BCUT2D eigenvalue weighted by Crippen LogP contribution is 2.40. The van der Waals surface area contributed by atoms with Crippen molar-refractivity contribution in [2.24, 2.45) is 5.92 Å². The first-order valence-corrected chi connectivity index (χ1v) is 12.3. The Kier molecular flexibility index (Phi) is 7.05. The van der Waals surface area contributed by atoms with E-state index in [9.17, 15) is 17.6 Å². The van der Waals surface area contributed by atoms with Crippen LogP contribution in [-0.2, 0) is 12.8 Å². The zero-order chi connectivity index (χ0) is 24.4. The van der Waals surface area contributed by atoms with Crippen molar-refractivity contribution in [3.63, 3.8) is 0 Å². The summed E-state index contributed by atoms with van der Waals surface area (Å²) in [5, 5.41) is 0. The monoisotopic (exact) mass is 479 g/mol. The summed E-state index contributed by atoms with van der Waals surface area (Å²) in [5.74, 6) is -0.620. The molecular formula is C30H29F4N. The molecule has 0 aromatic heterocycles. The molecule has 0 unspecified atom stereocenters. The van der Waals surface area contributed by atoms with Crippen LogP contribution in [0.5, 0.6) is 0 Å². The molecule has 1 nitrogen and oxygen atoms in total. The lowest BCUT2D eigenvalue weighted by Gasteiger charge is -2.39. The number of alkyl halides is 2. The highest BCUT2D eigenvalue weighted by molar-refractivity contribution is 5.99. The van der Waals surface area contributed by atoms with Crippen molar-refractivity contribution >= 4 is 11.1 Å². The number of rotatable bonds is 7. The third-order valence-electron chi connectivity index (χ3n) is 7.18. The predicted octanol–water partition coefficient (Wildman–Crippen LogP) is 7.39. The van der Waals surface area contributed by atoms with Gasteiger partial charge in [0.25, 0.3) is 0 Å². The molecule has 0 atom stereocenters. The number of hydrogen-bond acceptors (Lipinski definition) is 1. The van der Waals surface area contributed by atoms with Gasteiger partial charge in [0.2, 0.25) is 6.43 Å². The Hall–Kier alpha value is -2.92. The predicted molar refractivity (Wildman–Crippen MR) is 132 cm³/mol. The molecule has 1 aliphatic carbocycles. The first-order chi connectivity index (χ1) is 17.0. The summed E-state index contributed by atoms with van der Waals surface area (Å²) in [6, 6.07) is 20.5. The quantitative estimate of drug-likeness (QED) is 0.319. The smallest absolute Gasteiger partial charge is 0.239 e. The van der Waals surface area contributed by atoms with E-state index in [1.807, 2.05) is 12.1 Å². The molecule has 0 saturated carbocycles. The van der Waals surface area contributed by atoms with Gasteiger partial charge in [0.1, 0.15) is 11.6 Å². The topological polar surface area (TPSA) is 3.24 Å². The van der Waals surface area contributed by atoms with Crippen LogP contribution in [0.25, 0.3) is 11.1 Å². The molecule has 5 rings (SSSR count). The normalized spacial score (nSPS) is 16.8. The van der Waals surface area contributed by atoms with Crippen LogP contribution in [-0.4, -0.2) is 31.0 Å². The third kappa shape index (κ3) is 5.35. The fraction of sp³-hybridized carbons (Fsp3) is 0.333. The molecule has 5 heteroatoms. The summed E-state index contributed by atoms with van der Waals surface area (Å²) in [6.07, 6.45) is 1.14. The molecule has 3 aromatic rings. The van der Waals surface area contributed by atoms with Crippen LogP contribution in [0, 0.1) is 17.6 Å². The van der Waals surface area contributed by atoms with Crippen molar-refractivity contribution in [2.75, 3.05) is 19.6 Å². The Morgan fingerprint density at radius 2 is 1.63 bits per heavy atom. The van der Waals surface area contributed by atoms with Gasteiger partial charge < -0.3 is 4.90 Å². The van der Waals surface area contributed by atoms with Gasteiger partial charge in [-0.1, -0.05) is 48.5 Å². The SMILES string of the molecule is Fc1ccc(C2=C(c3ccc(CC4CN(CCC(F)F)C4)cc3)c3ccccc3CCC2)c(F)c1. The highest BCUT2D eigenvalue weighted by Gasteiger charge is 2.27. The molecule has 0 bridgehead atoms. The van der Waals surface area contributed by atoms with Crippen molar-refractivity contribution < 1.29 is 17.6 Å². The van der Waals surface area contributed by atoms with Crippen LogP contribution < -0.4 is 0 Å². The van der Waals surface area contributed by atoms with Gasteiger partial charge in [-0.25, -0.2) is 17.6 Å². The van der Waals surface area contributed by atoms with E-state index in [4.69, 9.17) is 0 Å². The van der Waals surface area contributed by atoms with Crippen LogP contribution in [0.4, 0.5) is 17.6 Å². The number of aryl methyl sites for hydroxylation is 1. The van der Waals surface area contributed by atoms with Crippen LogP contribution in [0.3, 0.4) is 0 Å². The summed E-state index contributed by atoms with van der Waals surface area (Å²) in [5.41, 5.74) is 6.96. The van der Waals surface area contributed by atoms with Gasteiger partial charge in [-0.3, -0.25) is 0 Å². The summed E-state index contributed by atoms with van der Waals surface area (Å²) < 4.78 is 53.4. The Bertz CT molecular complexity index is 1210. The second-order valence-corrected chi connectivity index (χ2v) is 9.69. The minimum absolute atomic E-state index is 0.0605. The molecule has 182 valence electrons. The highest BCUT2D eigenvalue weighted by atomic mass is 19.3. The van der Waals surface area contributed by atoms with E-state index in [2.05, 4.69) is 41.3 Å². The minimum Gasteiger partial charge on any atom is -0.302 e. The van der Waals surface area contributed by atoms with E-state index in [-0.39, 0.29) is 6.42 Å². The molecule has 1 fully saturated rings. The van der Waals surface area contributed by atoms with Crippen molar-refractivity contribution in [3.8, 4) is 0 Å². The fourth-order valence-corrected chi connectivity index (χ4v) is 5.47. The van der Waals surface area contributed by atoms with Gasteiger partial charge in [-0.2, -0.15) is 0 Å². The summed E-state index contributed by atoms with van der Waals surface area (Å²) >= 11 is 0. The summed E-state index contributed by atoms with van der Waals surface area (Å²) in [6.45, 7) is 2.19. The van der Waals surface area contributed by atoms with Crippen molar-refractivity contribution in [1.29, 1.82) is 0 Å². The van der Waals surface area contributed by atoms with E-state index in [0.717, 1.165) is 60.7 Å². The number of nitrogens with zero attached hydrogens (tertiary/aromatic N) is 1. The fourth-order valence-electron chi connectivity index (χ4n) is 5.47. The van der Waals surface area contributed by atoms with Crippen molar-refractivity contribution in [2.45, 2.75) is 38.5 Å². The van der Waals surface area contributed by atoms with Crippen LogP contribution in [0.2, 0.25) is 0 Å². The molecular weight excluding hydrogens is 450 g/mol. The average molecular weight is 480 g/mol. The van der Waals surface area contributed by atoms with Crippen LogP contribution in [0.1, 0.15) is 47.1 Å². The first kappa shape index (κ1) is 23.8. The molecule has 3 aromatic carbocycles. The van der Waals surface area contributed by atoms with E-state index in [1.54, 1.807) is 6.07 Å². The van der Waals surface area contributed by atoms with E-state index in [0.29, 0.717) is 24.4 Å². The van der Waals surface area contributed by atoms with Gasteiger partial charge in [0.15, 0.2) is 0 Å². The zero-order valence-electron chi connectivity index (χ0n) is 19.6. The third-order valence-corrected chi connectivity index (χ3v) is 7.18. The summed E-state index contributed by atoms with van der Waals surface area (Å²) in [4.78, 5) is 2.09. The number of hydrogen-bond donors (Lipinski definition) is 0. The summed E-state index contributed by atoms with van der Waals surface area (Å²) in [7, 11) is 0. The Balaban J connectivity index is 1.43. The van der Waals surface area contributed by atoms with Gasteiger partial charge in [-0.05, 0) is 77.1 Å². The average Bonchev–Trinajstić information content (AvgIpc) is 3.00. The number of allylic oxidation sites excluding steroid dienone is 1. The largest absolute Gasteiger partial charge is 0.302 e. The molecule has 1 heterocycles. The Morgan fingerprint density at radius 3 is 2.37 bits per heavy atom. The number of halogens is 4. The number of fused-ring (bicyclic) bond motifs is 1. The molecule has 1 aliphatic heterocycles. The Morgan fingerprint density at radius 1 is 0.857 bits per heavy atom. The lowest BCUT2D eigenvalue weighted by Crippen LogP contribution is -2.48. The second kappa shape index (κ2) is 10.4. The molecule has 0 amide bonds. The number of likely N-dealkylation sites (tertiary alicyclic amines) is 1. The van der Waals surface area contributed by atoms with Gasteiger partial charge in [0.05, 0.1) is 0 Å². The maximum atomic E-state index is 14.9. The van der Waals surface area contributed by atoms with Gasteiger partial charge in [0, 0.05) is 37.7 Å². The zero-order valence-corrected chi connectivity index (χ0v) is 19.6. The van der Waals surface area contributed by atoms with Gasteiger partial charge >= 0.3 is 0 Å².